The fourth-order valence-corrected chi connectivity index (χ4v) is 5.23. The zero-order valence-corrected chi connectivity index (χ0v) is 20.8. The van der Waals surface area contributed by atoms with Crippen LogP contribution in [-0.2, 0) is 10.0 Å². The molecule has 11 heteroatoms. The number of nitrogens with zero attached hydrogens (tertiary/aromatic N) is 6. The highest BCUT2D eigenvalue weighted by atomic mass is 32.2. The van der Waals surface area contributed by atoms with Gasteiger partial charge < -0.3 is 20.0 Å². The zero-order valence-electron chi connectivity index (χ0n) is 20.0. The Balaban J connectivity index is 1.34. The Morgan fingerprint density at radius 2 is 1.65 bits per heavy atom. The fraction of sp³-hybridized carbons (Fsp3) is 0.522. The first-order chi connectivity index (χ1) is 16.2. The molecule has 2 saturated heterocycles. The summed E-state index contributed by atoms with van der Waals surface area (Å²) >= 11 is 0. The lowest BCUT2D eigenvalue weighted by atomic mass is 10.0. The molecule has 2 aromatic rings. The van der Waals surface area contributed by atoms with Gasteiger partial charge in [-0.05, 0) is 57.3 Å². The van der Waals surface area contributed by atoms with E-state index in [1.54, 1.807) is 23.2 Å². The van der Waals surface area contributed by atoms with Crippen molar-refractivity contribution >= 4 is 33.4 Å². The van der Waals surface area contributed by atoms with Crippen molar-refractivity contribution in [2.75, 3.05) is 69.8 Å². The van der Waals surface area contributed by atoms with Crippen LogP contribution in [0.4, 0.5) is 17.5 Å². The average Bonchev–Trinajstić information content (AvgIpc) is 2.84. The molecule has 2 aliphatic rings. The number of aromatic nitrogens is 2. The highest BCUT2D eigenvalue weighted by Crippen LogP contribution is 2.22. The maximum atomic E-state index is 12.8. The Kier molecular flexibility index (Phi) is 7.34. The van der Waals surface area contributed by atoms with Crippen molar-refractivity contribution in [1.29, 1.82) is 0 Å². The van der Waals surface area contributed by atoms with Gasteiger partial charge in [-0.15, -0.1) is 0 Å². The van der Waals surface area contributed by atoms with Gasteiger partial charge in [-0.3, -0.25) is 4.79 Å². The minimum Gasteiger partial charge on any atom is -0.341 e. The number of benzene rings is 1. The van der Waals surface area contributed by atoms with Crippen LogP contribution in [-0.4, -0.2) is 104 Å². The molecule has 0 unspecified atom stereocenters. The molecule has 2 aliphatic heterocycles. The molecule has 1 aromatic carbocycles. The van der Waals surface area contributed by atoms with Gasteiger partial charge >= 0.3 is 0 Å². The predicted molar refractivity (Wildman–Crippen MR) is 133 cm³/mol. The molecule has 0 atom stereocenters. The lowest BCUT2D eigenvalue weighted by molar-refractivity contribution is 0.0698. The third kappa shape index (κ3) is 5.83. The quantitative estimate of drug-likeness (QED) is 0.654. The van der Waals surface area contributed by atoms with Crippen molar-refractivity contribution in [3.63, 3.8) is 0 Å². The number of anilines is 3. The van der Waals surface area contributed by atoms with Gasteiger partial charge in [0.25, 0.3) is 5.91 Å². The normalized spacial score (nSPS) is 18.4. The molecule has 1 N–H and O–H groups in total. The average molecular weight is 488 g/mol. The van der Waals surface area contributed by atoms with Crippen LogP contribution in [0.1, 0.15) is 23.2 Å². The molecule has 1 amide bonds. The summed E-state index contributed by atoms with van der Waals surface area (Å²) in [6.45, 7) is 3.30. The van der Waals surface area contributed by atoms with Gasteiger partial charge in [0.05, 0.1) is 6.26 Å². The standard InChI is InChI=1S/C23H33N7O3S/c1-27(2)20-9-12-29(13-10-20)23-24-11-8-21(26-23)25-19-6-4-18(5-7-19)22(31)28-14-16-30(17-15-28)34(3,32)33/h4-8,11,20H,9-10,12-17H2,1-3H3,(H,24,25,26). The van der Waals surface area contributed by atoms with E-state index in [0.29, 0.717) is 43.6 Å². The van der Waals surface area contributed by atoms with E-state index < -0.39 is 10.0 Å². The SMILES string of the molecule is CN(C)C1CCN(c2nccc(Nc3ccc(C(=O)N4CCN(S(C)(=O)=O)CC4)cc3)n2)CC1. The molecule has 184 valence electrons. The molecule has 3 heterocycles. The van der Waals surface area contributed by atoms with Crippen molar-refractivity contribution < 1.29 is 13.2 Å². The topological polar surface area (TPSA) is 102 Å². The lowest BCUT2D eigenvalue weighted by Crippen LogP contribution is -2.50. The zero-order chi connectivity index (χ0) is 24.3. The van der Waals surface area contributed by atoms with Gasteiger partial charge in [0, 0.05) is 62.8 Å². The van der Waals surface area contributed by atoms with Crippen LogP contribution >= 0.6 is 0 Å². The number of hydrogen-bond acceptors (Lipinski definition) is 8. The second kappa shape index (κ2) is 10.2. The summed E-state index contributed by atoms with van der Waals surface area (Å²) in [6, 6.07) is 9.69. The first-order valence-electron chi connectivity index (χ1n) is 11.6. The van der Waals surface area contributed by atoms with Gasteiger partial charge in [0.15, 0.2) is 0 Å². The second-order valence-corrected chi connectivity index (χ2v) is 11.1. The van der Waals surface area contributed by atoms with Gasteiger partial charge in [-0.25, -0.2) is 13.4 Å². The molecular weight excluding hydrogens is 454 g/mol. The molecular formula is C23H33N7O3S. The van der Waals surface area contributed by atoms with Crippen LogP contribution in [0.2, 0.25) is 0 Å². The maximum absolute atomic E-state index is 12.8. The van der Waals surface area contributed by atoms with E-state index in [1.165, 1.54) is 10.6 Å². The number of carbonyl (C=O) groups is 1. The monoisotopic (exact) mass is 487 g/mol. The number of hydrogen-bond donors (Lipinski definition) is 1. The van der Waals surface area contributed by atoms with E-state index in [0.717, 1.165) is 37.6 Å². The molecule has 0 saturated carbocycles. The summed E-state index contributed by atoms with van der Waals surface area (Å²) in [4.78, 5) is 28.1. The molecule has 2 fully saturated rings. The van der Waals surface area contributed by atoms with E-state index in [-0.39, 0.29) is 5.91 Å². The van der Waals surface area contributed by atoms with E-state index >= 15 is 0 Å². The molecule has 1 aromatic heterocycles. The molecule has 0 aliphatic carbocycles. The third-order valence-electron chi connectivity index (χ3n) is 6.52. The molecule has 0 radical (unpaired) electrons. The van der Waals surface area contributed by atoms with Crippen LogP contribution in [0.25, 0.3) is 0 Å². The van der Waals surface area contributed by atoms with Crippen molar-refractivity contribution in [3.8, 4) is 0 Å². The number of piperazine rings is 1. The van der Waals surface area contributed by atoms with E-state index in [2.05, 4.69) is 39.2 Å². The Hall–Kier alpha value is -2.76. The molecule has 34 heavy (non-hydrogen) atoms. The Morgan fingerprint density at radius 3 is 2.24 bits per heavy atom. The number of sulfonamides is 1. The lowest BCUT2D eigenvalue weighted by Gasteiger charge is -2.35. The van der Waals surface area contributed by atoms with Crippen LogP contribution in [0.3, 0.4) is 0 Å². The number of amides is 1. The van der Waals surface area contributed by atoms with Crippen molar-refractivity contribution in [2.24, 2.45) is 0 Å². The Morgan fingerprint density at radius 1 is 1.00 bits per heavy atom. The largest absolute Gasteiger partial charge is 0.341 e. The third-order valence-corrected chi connectivity index (χ3v) is 7.82. The summed E-state index contributed by atoms with van der Waals surface area (Å²) in [6.07, 6.45) is 5.14. The van der Waals surface area contributed by atoms with Gasteiger partial charge in [0.1, 0.15) is 5.82 Å². The van der Waals surface area contributed by atoms with E-state index in [9.17, 15) is 13.2 Å². The van der Waals surface area contributed by atoms with E-state index in [1.807, 2.05) is 18.2 Å². The van der Waals surface area contributed by atoms with Crippen molar-refractivity contribution in [3.05, 3.63) is 42.1 Å². The van der Waals surface area contributed by atoms with Crippen molar-refractivity contribution in [1.82, 2.24) is 24.1 Å². The highest BCUT2D eigenvalue weighted by molar-refractivity contribution is 7.88. The number of nitrogens with one attached hydrogen (secondary N) is 1. The van der Waals surface area contributed by atoms with Crippen molar-refractivity contribution in [2.45, 2.75) is 18.9 Å². The van der Waals surface area contributed by atoms with Gasteiger partial charge in [-0.2, -0.15) is 9.29 Å². The molecule has 0 spiro atoms. The smallest absolute Gasteiger partial charge is 0.253 e. The molecule has 0 bridgehead atoms. The second-order valence-electron chi connectivity index (χ2n) is 9.08. The fourth-order valence-electron chi connectivity index (χ4n) is 4.40. The summed E-state index contributed by atoms with van der Waals surface area (Å²) in [5.74, 6) is 1.34. The minimum atomic E-state index is -3.22. The van der Waals surface area contributed by atoms with Crippen LogP contribution in [0.15, 0.2) is 36.5 Å². The first kappa shape index (κ1) is 24.4. The molecule has 4 rings (SSSR count). The Labute approximate surface area is 201 Å². The summed E-state index contributed by atoms with van der Waals surface area (Å²) in [5, 5.41) is 3.29. The highest BCUT2D eigenvalue weighted by Gasteiger charge is 2.26. The number of piperidine rings is 1. The van der Waals surface area contributed by atoms with Crippen LogP contribution in [0, 0.1) is 0 Å². The van der Waals surface area contributed by atoms with Crippen LogP contribution < -0.4 is 10.2 Å². The Bertz CT molecular complexity index is 1090. The summed E-state index contributed by atoms with van der Waals surface area (Å²) in [7, 11) is 1.03. The summed E-state index contributed by atoms with van der Waals surface area (Å²) in [5.41, 5.74) is 1.40. The minimum absolute atomic E-state index is 0.0925. The first-order valence-corrected chi connectivity index (χ1v) is 13.4. The number of carbonyl (C=O) groups excluding carboxylic acids is 1. The molecule has 10 nitrogen and oxygen atoms in total. The van der Waals surface area contributed by atoms with Gasteiger partial charge in [-0.1, -0.05) is 0 Å². The van der Waals surface area contributed by atoms with Gasteiger partial charge in [0.2, 0.25) is 16.0 Å². The predicted octanol–water partition coefficient (Wildman–Crippen LogP) is 1.47. The summed E-state index contributed by atoms with van der Waals surface area (Å²) < 4.78 is 24.7. The maximum Gasteiger partial charge on any atom is 0.253 e. The van der Waals surface area contributed by atoms with E-state index in [4.69, 9.17) is 0 Å². The number of rotatable bonds is 6. The van der Waals surface area contributed by atoms with Crippen LogP contribution in [0.5, 0.6) is 0 Å².